The van der Waals surface area contributed by atoms with Crippen LogP contribution in [0.15, 0.2) is 12.5 Å². The summed E-state index contributed by atoms with van der Waals surface area (Å²) in [5, 5.41) is 10.6. The number of nitrogens with zero attached hydrogens (tertiary/aromatic N) is 4. The van der Waals surface area contributed by atoms with E-state index in [9.17, 15) is 9.90 Å². The van der Waals surface area contributed by atoms with Gasteiger partial charge in [0, 0.05) is 32.4 Å². The van der Waals surface area contributed by atoms with Crippen LogP contribution in [-0.4, -0.2) is 68.7 Å². The third kappa shape index (κ3) is 2.78. The lowest BCUT2D eigenvalue weighted by molar-refractivity contribution is -0.000864. The van der Waals surface area contributed by atoms with E-state index < -0.39 is 0 Å². The van der Waals surface area contributed by atoms with Crippen molar-refractivity contribution in [2.24, 2.45) is 18.9 Å². The van der Waals surface area contributed by atoms with Crippen LogP contribution in [0.5, 0.6) is 0 Å². The molecule has 0 bridgehead atoms. The van der Waals surface area contributed by atoms with Gasteiger partial charge in [-0.15, -0.1) is 0 Å². The van der Waals surface area contributed by atoms with Crippen LogP contribution in [0, 0.1) is 11.8 Å². The van der Waals surface area contributed by atoms with Crippen molar-refractivity contribution in [3.63, 3.8) is 0 Å². The fraction of sp³-hybridized carbons (Fsp3) is 0.765. The zero-order valence-electron chi connectivity index (χ0n) is 13.8. The average Bonchev–Trinajstić information content (AvgIpc) is 3.25. The van der Waals surface area contributed by atoms with Gasteiger partial charge < -0.3 is 14.6 Å². The summed E-state index contributed by atoms with van der Waals surface area (Å²) in [6, 6.07) is 0.295. The first-order chi connectivity index (χ1) is 11.1. The molecule has 6 heteroatoms. The van der Waals surface area contributed by atoms with Crippen LogP contribution in [0.4, 0.5) is 0 Å². The molecule has 1 aliphatic carbocycles. The summed E-state index contributed by atoms with van der Waals surface area (Å²) in [6.07, 6.45) is 7.58. The van der Waals surface area contributed by atoms with Crippen LogP contribution in [0.25, 0.3) is 0 Å². The molecule has 1 N–H and O–H groups in total. The molecule has 0 spiro atoms. The molecule has 1 amide bonds. The highest BCUT2D eigenvalue weighted by molar-refractivity contribution is 5.92. The summed E-state index contributed by atoms with van der Waals surface area (Å²) < 4.78 is 1.81. The maximum atomic E-state index is 12.6. The monoisotopic (exact) mass is 318 g/mol. The van der Waals surface area contributed by atoms with Gasteiger partial charge in [-0.05, 0) is 50.6 Å². The number of likely N-dealkylation sites (tertiary alicyclic amines) is 2. The number of aromatic nitrogens is 2. The highest BCUT2D eigenvalue weighted by Gasteiger charge is 2.45. The molecule has 1 aromatic heterocycles. The van der Waals surface area contributed by atoms with Gasteiger partial charge in [0.2, 0.25) is 0 Å². The molecule has 2 saturated heterocycles. The molecule has 2 aliphatic heterocycles. The van der Waals surface area contributed by atoms with Crippen molar-refractivity contribution in [1.82, 2.24) is 19.4 Å². The van der Waals surface area contributed by atoms with Gasteiger partial charge in [-0.25, -0.2) is 4.98 Å². The van der Waals surface area contributed by atoms with E-state index in [1.54, 1.807) is 12.5 Å². The number of amides is 1. The molecular formula is C17H26N4O2. The molecule has 4 rings (SSSR count). The minimum Gasteiger partial charge on any atom is -0.391 e. The molecule has 23 heavy (non-hydrogen) atoms. The molecule has 3 fully saturated rings. The van der Waals surface area contributed by atoms with Gasteiger partial charge in [-0.3, -0.25) is 9.69 Å². The summed E-state index contributed by atoms with van der Waals surface area (Å²) in [5.41, 5.74) is 0.530. The number of hydrogen-bond donors (Lipinski definition) is 1. The normalized spacial score (nSPS) is 34.8. The van der Waals surface area contributed by atoms with Crippen LogP contribution in [0.2, 0.25) is 0 Å². The third-order valence-corrected chi connectivity index (χ3v) is 5.93. The first-order valence-electron chi connectivity index (χ1n) is 8.81. The van der Waals surface area contributed by atoms with E-state index in [0.717, 1.165) is 39.0 Å². The van der Waals surface area contributed by atoms with E-state index in [-0.39, 0.29) is 12.0 Å². The standard InChI is InChI=1S/C17H26N4O2/c1-19-10-14(18-11-19)17(23)21-8-12-6-15(20-4-2-3-5-20)16(22)7-13(12)9-21/h10-13,15-16,22H,2-9H2,1H3/t12-,13+,15-,16-/m1/s1. The number of fused-ring (bicyclic) bond motifs is 1. The minimum absolute atomic E-state index is 0.0345. The first-order valence-corrected chi connectivity index (χ1v) is 8.81. The fourth-order valence-corrected chi connectivity index (χ4v) is 4.72. The topological polar surface area (TPSA) is 61.6 Å². The quantitative estimate of drug-likeness (QED) is 0.873. The summed E-state index contributed by atoms with van der Waals surface area (Å²) in [5.74, 6) is 1.00. The number of imidazole rings is 1. The molecule has 0 unspecified atom stereocenters. The molecule has 3 heterocycles. The van der Waals surface area contributed by atoms with Gasteiger partial charge in [0.1, 0.15) is 5.69 Å². The summed E-state index contributed by atoms with van der Waals surface area (Å²) in [6.45, 7) is 3.83. The second kappa shape index (κ2) is 5.91. The van der Waals surface area contributed by atoms with Crippen LogP contribution in [0.1, 0.15) is 36.2 Å². The first kappa shape index (κ1) is 15.1. The summed E-state index contributed by atoms with van der Waals surface area (Å²) in [4.78, 5) is 21.2. The van der Waals surface area contributed by atoms with Gasteiger partial charge in [-0.1, -0.05) is 0 Å². The van der Waals surface area contributed by atoms with Gasteiger partial charge in [0.15, 0.2) is 0 Å². The zero-order chi connectivity index (χ0) is 16.0. The Kier molecular flexibility index (Phi) is 3.89. The Balaban J connectivity index is 1.43. The molecule has 3 aliphatic rings. The number of aryl methyl sites for hydroxylation is 1. The Bertz CT molecular complexity index is 581. The number of carbonyl (C=O) groups excluding carboxylic acids is 1. The third-order valence-electron chi connectivity index (χ3n) is 5.93. The molecule has 0 aromatic carbocycles. The second-order valence-corrected chi connectivity index (χ2v) is 7.50. The fourth-order valence-electron chi connectivity index (χ4n) is 4.72. The van der Waals surface area contributed by atoms with Crippen LogP contribution in [-0.2, 0) is 7.05 Å². The van der Waals surface area contributed by atoms with Crippen LogP contribution >= 0.6 is 0 Å². The number of aliphatic hydroxyl groups excluding tert-OH is 1. The van der Waals surface area contributed by atoms with Crippen molar-refractivity contribution >= 4 is 5.91 Å². The Hall–Kier alpha value is -1.40. The van der Waals surface area contributed by atoms with Crippen molar-refractivity contribution < 1.29 is 9.90 Å². The SMILES string of the molecule is Cn1cnc(C(=O)N2C[C@H]3C[C@@H](N4CCCC4)[C@H](O)C[C@H]3C2)c1. The molecule has 1 saturated carbocycles. The van der Waals surface area contributed by atoms with Crippen molar-refractivity contribution in [2.45, 2.75) is 37.8 Å². The summed E-state index contributed by atoms with van der Waals surface area (Å²) >= 11 is 0. The minimum atomic E-state index is -0.237. The molecule has 126 valence electrons. The van der Waals surface area contributed by atoms with Gasteiger partial charge >= 0.3 is 0 Å². The zero-order valence-corrected chi connectivity index (χ0v) is 13.8. The Morgan fingerprint density at radius 3 is 2.57 bits per heavy atom. The molecule has 1 aromatic rings. The maximum Gasteiger partial charge on any atom is 0.274 e. The predicted molar refractivity (Wildman–Crippen MR) is 85.9 cm³/mol. The van der Waals surface area contributed by atoms with E-state index in [1.165, 1.54) is 12.8 Å². The van der Waals surface area contributed by atoms with Crippen LogP contribution < -0.4 is 0 Å². The molecule has 0 radical (unpaired) electrons. The van der Waals surface area contributed by atoms with Crippen molar-refractivity contribution in [1.29, 1.82) is 0 Å². The Morgan fingerprint density at radius 1 is 1.22 bits per heavy atom. The average molecular weight is 318 g/mol. The van der Waals surface area contributed by atoms with Gasteiger partial charge in [-0.2, -0.15) is 0 Å². The predicted octanol–water partition coefficient (Wildman–Crippen LogP) is 0.727. The Labute approximate surface area is 137 Å². The van der Waals surface area contributed by atoms with E-state index in [1.807, 2.05) is 16.5 Å². The number of rotatable bonds is 2. The van der Waals surface area contributed by atoms with Gasteiger partial charge in [0.25, 0.3) is 5.91 Å². The molecule has 6 nitrogen and oxygen atoms in total. The highest BCUT2D eigenvalue weighted by atomic mass is 16.3. The van der Waals surface area contributed by atoms with E-state index in [0.29, 0.717) is 23.6 Å². The van der Waals surface area contributed by atoms with Crippen molar-refractivity contribution in [3.8, 4) is 0 Å². The van der Waals surface area contributed by atoms with Crippen LogP contribution in [0.3, 0.4) is 0 Å². The number of aliphatic hydroxyl groups is 1. The van der Waals surface area contributed by atoms with Crippen molar-refractivity contribution in [2.75, 3.05) is 26.2 Å². The highest BCUT2D eigenvalue weighted by Crippen LogP contribution is 2.39. The summed E-state index contributed by atoms with van der Waals surface area (Å²) in [7, 11) is 1.88. The lowest BCUT2D eigenvalue weighted by Gasteiger charge is -2.40. The van der Waals surface area contributed by atoms with E-state index in [4.69, 9.17) is 0 Å². The van der Waals surface area contributed by atoms with E-state index >= 15 is 0 Å². The van der Waals surface area contributed by atoms with E-state index in [2.05, 4.69) is 9.88 Å². The lowest BCUT2D eigenvalue weighted by atomic mass is 9.77. The molecule has 4 atom stereocenters. The number of carbonyl (C=O) groups is 1. The molecular weight excluding hydrogens is 292 g/mol. The second-order valence-electron chi connectivity index (χ2n) is 7.50. The van der Waals surface area contributed by atoms with Gasteiger partial charge in [0.05, 0.1) is 12.4 Å². The van der Waals surface area contributed by atoms with Crippen molar-refractivity contribution in [3.05, 3.63) is 18.2 Å². The maximum absolute atomic E-state index is 12.6. The Morgan fingerprint density at radius 2 is 1.91 bits per heavy atom. The smallest absolute Gasteiger partial charge is 0.274 e. The largest absolute Gasteiger partial charge is 0.391 e. The lowest BCUT2D eigenvalue weighted by Crippen LogP contribution is -2.48. The number of hydrogen-bond acceptors (Lipinski definition) is 4.